The van der Waals surface area contributed by atoms with Crippen molar-refractivity contribution >= 4 is 22.8 Å². The van der Waals surface area contributed by atoms with E-state index >= 15 is 0 Å². The second-order valence-corrected chi connectivity index (χ2v) is 7.04. The first-order valence-corrected chi connectivity index (χ1v) is 9.69. The Balaban J connectivity index is 1.42. The predicted molar refractivity (Wildman–Crippen MR) is 103 cm³/mol. The van der Waals surface area contributed by atoms with Crippen molar-refractivity contribution in [2.75, 3.05) is 38.4 Å². The number of nitrogens with zero attached hydrogens (tertiary/aromatic N) is 2. The number of guanidine groups is 1. The average molecular weight is 372 g/mol. The molecule has 4 N–H and O–H groups in total. The van der Waals surface area contributed by atoms with Gasteiger partial charge in [0, 0.05) is 12.0 Å². The Labute approximate surface area is 159 Å². The molecule has 0 amide bonds. The monoisotopic (exact) mass is 372 g/mol. The highest BCUT2D eigenvalue weighted by atomic mass is 16.5. The second kappa shape index (κ2) is 8.06. The number of anilines is 1. The van der Waals surface area contributed by atoms with Crippen LogP contribution in [0, 0.1) is 6.92 Å². The number of rotatable bonds is 5. The normalized spacial score (nSPS) is 22.4. The van der Waals surface area contributed by atoms with Crippen molar-refractivity contribution in [2.45, 2.75) is 32.8 Å². The SMILES string of the molecule is CCOc1ccc2nc(NC3=[NH+]C[NH+](C[C@H]4CCCO4)CN3)nc(C)c2c1. The molecule has 1 aromatic heterocycles. The Morgan fingerprint density at radius 2 is 2.33 bits per heavy atom. The molecule has 0 saturated carbocycles. The van der Waals surface area contributed by atoms with Crippen LogP contribution in [0.1, 0.15) is 25.5 Å². The van der Waals surface area contributed by atoms with Crippen molar-refractivity contribution in [3.05, 3.63) is 23.9 Å². The molecule has 1 saturated heterocycles. The minimum Gasteiger partial charge on any atom is -0.494 e. The second-order valence-electron chi connectivity index (χ2n) is 7.04. The van der Waals surface area contributed by atoms with Crippen LogP contribution in [0.2, 0.25) is 0 Å². The molecule has 0 spiro atoms. The van der Waals surface area contributed by atoms with Gasteiger partial charge in [-0.2, -0.15) is 4.98 Å². The first-order chi connectivity index (χ1) is 13.2. The minimum absolute atomic E-state index is 0.395. The van der Waals surface area contributed by atoms with Gasteiger partial charge in [-0.15, -0.1) is 0 Å². The molecule has 1 unspecified atom stereocenters. The number of nitrogens with one attached hydrogen (secondary N) is 4. The van der Waals surface area contributed by atoms with E-state index in [0.29, 0.717) is 18.7 Å². The number of ether oxygens (including phenoxy) is 2. The summed E-state index contributed by atoms with van der Waals surface area (Å²) in [5, 5.41) is 7.66. The molecule has 4 rings (SSSR count). The van der Waals surface area contributed by atoms with Crippen molar-refractivity contribution in [1.82, 2.24) is 15.3 Å². The van der Waals surface area contributed by atoms with Crippen molar-refractivity contribution in [3.8, 4) is 5.75 Å². The van der Waals surface area contributed by atoms with Gasteiger partial charge in [0.1, 0.15) is 18.4 Å². The van der Waals surface area contributed by atoms with E-state index < -0.39 is 0 Å². The summed E-state index contributed by atoms with van der Waals surface area (Å²) in [6.07, 6.45) is 2.75. The van der Waals surface area contributed by atoms with E-state index in [1.165, 1.54) is 17.7 Å². The van der Waals surface area contributed by atoms with Crippen LogP contribution in [0.5, 0.6) is 5.75 Å². The van der Waals surface area contributed by atoms with Crippen LogP contribution in [-0.2, 0) is 4.74 Å². The van der Waals surface area contributed by atoms with Gasteiger partial charge in [-0.05, 0) is 44.9 Å². The van der Waals surface area contributed by atoms with Gasteiger partial charge in [0.15, 0.2) is 13.3 Å². The minimum atomic E-state index is 0.395. The summed E-state index contributed by atoms with van der Waals surface area (Å²) in [6, 6.07) is 5.91. The Morgan fingerprint density at radius 3 is 3.07 bits per heavy atom. The Bertz CT molecular complexity index is 834. The zero-order chi connectivity index (χ0) is 18.6. The van der Waals surface area contributed by atoms with E-state index in [-0.39, 0.29) is 0 Å². The van der Waals surface area contributed by atoms with Crippen LogP contribution < -0.4 is 25.3 Å². The van der Waals surface area contributed by atoms with Crippen LogP contribution in [0.15, 0.2) is 18.2 Å². The summed E-state index contributed by atoms with van der Waals surface area (Å²) in [4.78, 5) is 14.0. The lowest BCUT2D eigenvalue weighted by Gasteiger charge is -2.22. The molecule has 3 heterocycles. The van der Waals surface area contributed by atoms with E-state index in [0.717, 1.165) is 54.8 Å². The maximum absolute atomic E-state index is 5.73. The average Bonchev–Trinajstić information content (AvgIpc) is 3.17. The van der Waals surface area contributed by atoms with Gasteiger partial charge >= 0.3 is 5.96 Å². The fraction of sp³-hybridized carbons (Fsp3) is 0.526. The summed E-state index contributed by atoms with van der Waals surface area (Å²) in [7, 11) is 0. The zero-order valence-corrected chi connectivity index (χ0v) is 16.0. The van der Waals surface area contributed by atoms with E-state index in [4.69, 9.17) is 9.47 Å². The number of quaternary nitrogens is 1. The summed E-state index contributed by atoms with van der Waals surface area (Å²) < 4.78 is 11.3. The van der Waals surface area contributed by atoms with Gasteiger partial charge in [-0.25, -0.2) is 20.6 Å². The molecule has 2 aromatic rings. The topological polar surface area (TPSA) is 86.7 Å². The molecule has 0 aliphatic carbocycles. The predicted octanol–water partition coefficient (Wildman–Crippen LogP) is -1.23. The molecule has 0 bridgehead atoms. The highest BCUT2D eigenvalue weighted by Gasteiger charge is 2.26. The van der Waals surface area contributed by atoms with Crippen molar-refractivity contribution in [2.24, 2.45) is 0 Å². The molecule has 0 radical (unpaired) electrons. The molecule has 27 heavy (non-hydrogen) atoms. The molecule has 2 aliphatic rings. The molecular weight excluding hydrogens is 344 g/mol. The van der Waals surface area contributed by atoms with Gasteiger partial charge in [0.2, 0.25) is 0 Å². The van der Waals surface area contributed by atoms with Gasteiger partial charge in [0.05, 0.1) is 17.8 Å². The van der Waals surface area contributed by atoms with Crippen LogP contribution >= 0.6 is 0 Å². The lowest BCUT2D eigenvalue weighted by molar-refractivity contribution is -0.982. The smallest absolute Gasteiger partial charge is 0.359 e. The number of aryl methyl sites for hydroxylation is 1. The Kier molecular flexibility index (Phi) is 5.35. The van der Waals surface area contributed by atoms with E-state index in [2.05, 4.69) is 25.6 Å². The number of hydrogen-bond acceptors (Lipinski definition) is 6. The third kappa shape index (κ3) is 4.28. The van der Waals surface area contributed by atoms with E-state index in [1.54, 1.807) is 0 Å². The zero-order valence-electron chi connectivity index (χ0n) is 16.0. The number of aromatic nitrogens is 2. The number of benzene rings is 1. The van der Waals surface area contributed by atoms with E-state index in [9.17, 15) is 0 Å². The van der Waals surface area contributed by atoms with Crippen molar-refractivity contribution < 1.29 is 19.4 Å². The summed E-state index contributed by atoms with van der Waals surface area (Å²) in [5.41, 5.74) is 1.82. The highest BCUT2D eigenvalue weighted by Crippen LogP contribution is 2.22. The molecule has 1 fully saturated rings. The molecular formula is C19H28N6O2+2. The highest BCUT2D eigenvalue weighted by molar-refractivity contribution is 5.89. The molecule has 1 aromatic carbocycles. The van der Waals surface area contributed by atoms with Crippen molar-refractivity contribution in [3.63, 3.8) is 0 Å². The van der Waals surface area contributed by atoms with Crippen LogP contribution in [0.3, 0.4) is 0 Å². The van der Waals surface area contributed by atoms with Gasteiger partial charge < -0.3 is 9.47 Å². The summed E-state index contributed by atoms with van der Waals surface area (Å²) in [5.74, 6) is 2.27. The maximum Gasteiger partial charge on any atom is 0.359 e. The Morgan fingerprint density at radius 1 is 1.41 bits per heavy atom. The molecule has 2 atom stereocenters. The van der Waals surface area contributed by atoms with Crippen molar-refractivity contribution in [1.29, 1.82) is 0 Å². The lowest BCUT2D eigenvalue weighted by atomic mass is 10.2. The molecule has 8 heteroatoms. The van der Waals surface area contributed by atoms with Gasteiger partial charge in [-0.3, -0.25) is 4.90 Å². The largest absolute Gasteiger partial charge is 0.494 e. The fourth-order valence-corrected chi connectivity index (χ4v) is 3.60. The lowest BCUT2D eigenvalue weighted by Crippen LogP contribution is -3.24. The summed E-state index contributed by atoms with van der Waals surface area (Å²) in [6.45, 7) is 8.24. The third-order valence-electron chi connectivity index (χ3n) is 4.98. The quantitative estimate of drug-likeness (QED) is 0.526. The maximum atomic E-state index is 5.73. The third-order valence-corrected chi connectivity index (χ3v) is 4.98. The first-order valence-electron chi connectivity index (χ1n) is 9.69. The van der Waals surface area contributed by atoms with Crippen LogP contribution in [-0.4, -0.2) is 55.1 Å². The summed E-state index contributed by atoms with van der Waals surface area (Å²) >= 11 is 0. The molecule has 144 valence electrons. The standard InChI is InChI=1S/C19H26N6O2/c1-3-26-14-6-7-17-16(9-14)13(2)22-19(23-17)24-18-20-11-25(12-21-18)10-15-5-4-8-27-15/h6-7,9,15H,3-5,8,10-12H2,1-2H3,(H2,20,21,22,23,24)/p+2/t15-/m1/s1. The van der Waals surface area contributed by atoms with Gasteiger partial charge in [-0.1, -0.05) is 0 Å². The fourth-order valence-electron chi connectivity index (χ4n) is 3.60. The van der Waals surface area contributed by atoms with E-state index in [1.807, 2.05) is 32.0 Å². The Hall–Kier alpha value is -2.45. The number of fused-ring (bicyclic) bond motifs is 1. The van der Waals surface area contributed by atoms with Crippen LogP contribution in [0.4, 0.5) is 5.95 Å². The first kappa shape index (κ1) is 17.9. The number of hydrogen-bond donors (Lipinski definition) is 4. The van der Waals surface area contributed by atoms with Gasteiger partial charge in [0.25, 0.3) is 5.95 Å². The van der Waals surface area contributed by atoms with Crippen LogP contribution in [0.25, 0.3) is 10.9 Å². The molecule has 8 nitrogen and oxygen atoms in total. The molecule has 2 aliphatic heterocycles.